The van der Waals surface area contributed by atoms with Crippen molar-refractivity contribution in [1.82, 2.24) is 4.98 Å². The van der Waals surface area contributed by atoms with Gasteiger partial charge in [0.05, 0.1) is 5.71 Å². The smallest absolute Gasteiger partial charge is 0.0684 e. The molecule has 0 aliphatic carbocycles. The van der Waals surface area contributed by atoms with Crippen molar-refractivity contribution in [3.05, 3.63) is 102 Å². The first-order chi connectivity index (χ1) is 10.8. The van der Waals surface area contributed by atoms with Gasteiger partial charge < -0.3 is 5.73 Å². The van der Waals surface area contributed by atoms with Gasteiger partial charge in [0.1, 0.15) is 0 Å². The van der Waals surface area contributed by atoms with E-state index >= 15 is 0 Å². The van der Waals surface area contributed by atoms with Gasteiger partial charge >= 0.3 is 0 Å². The van der Waals surface area contributed by atoms with Crippen LogP contribution in [0.2, 0.25) is 0 Å². The molecule has 0 aliphatic rings. The van der Waals surface area contributed by atoms with Crippen LogP contribution in [0.1, 0.15) is 16.7 Å². The van der Waals surface area contributed by atoms with E-state index in [0.717, 1.165) is 16.7 Å². The van der Waals surface area contributed by atoms with Gasteiger partial charge in [0, 0.05) is 18.9 Å². The van der Waals surface area contributed by atoms with Crippen LogP contribution in [0.3, 0.4) is 0 Å². The van der Waals surface area contributed by atoms with E-state index in [0.29, 0.717) is 12.3 Å². The number of benzene rings is 2. The summed E-state index contributed by atoms with van der Waals surface area (Å²) in [6, 6.07) is 23.4. The Morgan fingerprint density at radius 1 is 0.818 bits per heavy atom. The van der Waals surface area contributed by atoms with Gasteiger partial charge in [-0.05, 0) is 22.8 Å². The second-order valence-electron chi connectivity index (χ2n) is 4.67. The summed E-state index contributed by atoms with van der Waals surface area (Å²) in [4.78, 5) is 3.88. The molecule has 0 fully saturated rings. The van der Waals surface area contributed by atoms with Crippen molar-refractivity contribution in [1.29, 1.82) is 5.41 Å². The maximum atomic E-state index is 7.97. The van der Waals surface area contributed by atoms with Crippen LogP contribution < -0.4 is 5.73 Å². The van der Waals surface area contributed by atoms with Crippen molar-refractivity contribution in [3.8, 4) is 0 Å². The van der Waals surface area contributed by atoms with Crippen molar-refractivity contribution in [2.45, 2.75) is 6.54 Å². The molecule has 110 valence electrons. The Morgan fingerprint density at radius 2 is 1.36 bits per heavy atom. The Kier molecular flexibility index (Phi) is 6.03. The molecule has 22 heavy (non-hydrogen) atoms. The van der Waals surface area contributed by atoms with E-state index in [4.69, 9.17) is 11.1 Å². The predicted molar refractivity (Wildman–Crippen MR) is 90.9 cm³/mol. The Morgan fingerprint density at radius 3 is 1.73 bits per heavy atom. The number of hydrogen-bond donors (Lipinski definition) is 2. The Hall–Kier alpha value is -2.78. The quantitative estimate of drug-likeness (QED) is 0.723. The van der Waals surface area contributed by atoms with E-state index in [1.54, 1.807) is 12.4 Å². The Bertz CT molecular complexity index is 638. The highest BCUT2D eigenvalue weighted by Crippen LogP contribution is 2.08. The van der Waals surface area contributed by atoms with Crippen molar-refractivity contribution in [2.24, 2.45) is 5.73 Å². The van der Waals surface area contributed by atoms with Crippen LogP contribution in [-0.2, 0) is 6.54 Å². The molecule has 0 radical (unpaired) electrons. The lowest BCUT2D eigenvalue weighted by Gasteiger charge is -2.02. The number of hydrogen-bond acceptors (Lipinski definition) is 3. The van der Waals surface area contributed by atoms with Crippen molar-refractivity contribution < 1.29 is 0 Å². The molecule has 1 heterocycles. The lowest BCUT2D eigenvalue weighted by Crippen LogP contribution is -1.99. The summed E-state index contributed by atoms with van der Waals surface area (Å²) in [5.41, 5.74) is 8.88. The fraction of sp³-hybridized carbons (Fsp3) is 0.0526. The SMILES string of the molecule is N=C(c1ccccc1)c1ccccc1.NCc1cccnc1. The van der Waals surface area contributed by atoms with Crippen molar-refractivity contribution >= 4 is 5.71 Å². The Labute approximate surface area is 131 Å². The largest absolute Gasteiger partial charge is 0.326 e. The lowest BCUT2D eigenvalue weighted by atomic mass is 10.0. The van der Waals surface area contributed by atoms with Crippen molar-refractivity contribution in [2.75, 3.05) is 0 Å². The molecule has 3 aromatic rings. The summed E-state index contributed by atoms with van der Waals surface area (Å²) in [6.07, 6.45) is 3.50. The number of aromatic nitrogens is 1. The number of nitrogens with one attached hydrogen (secondary N) is 1. The zero-order valence-electron chi connectivity index (χ0n) is 12.3. The third-order valence-corrected chi connectivity index (χ3v) is 3.08. The molecule has 1 aromatic heterocycles. The van der Waals surface area contributed by atoms with E-state index in [-0.39, 0.29) is 0 Å². The molecule has 0 atom stereocenters. The minimum atomic E-state index is 0.575. The molecule has 0 unspecified atom stereocenters. The van der Waals surface area contributed by atoms with Gasteiger partial charge in [-0.25, -0.2) is 0 Å². The summed E-state index contributed by atoms with van der Waals surface area (Å²) in [7, 11) is 0. The minimum Gasteiger partial charge on any atom is -0.326 e. The zero-order valence-corrected chi connectivity index (χ0v) is 12.3. The minimum absolute atomic E-state index is 0.575. The highest BCUT2D eigenvalue weighted by Gasteiger charge is 2.01. The summed E-state index contributed by atoms with van der Waals surface area (Å²) < 4.78 is 0. The summed E-state index contributed by atoms with van der Waals surface area (Å²) in [5.74, 6) is 0. The van der Waals surface area contributed by atoms with Gasteiger partial charge in [0.2, 0.25) is 0 Å². The third kappa shape index (κ3) is 4.65. The first-order valence-electron chi connectivity index (χ1n) is 7.09. The second kappa shape index (κ2) is 8.49. The molecule has 0 aliphatic heterocycles. The molecular formula is C19H19N3. The average molecular weight is 289 g/mol. The third-order valence-electron chi connectivity index (χ3n) is 3.08. The van der Waals surface area contributed by atoms with Gasteiger partial charge in [-0.2, -0.15) is 0 Å². The number of rotatable bonds is 3. The van der Waals surface area contributed by atoms with Crippen LogP contribution in [0.4, 0.5) is 0 Å². The van der Waals surface area contributed by atoms with E-state index in [1.807, 2.05) is 72.8 Å². The van der Waals surface area contributed by atoms with Gasteiger partial charge in [0.15, 0.2) is 0 Å². The maximum absolute atomic E-state index is 7.97. The molecule has 0 saturated carbocycles. The highest BCUT2D eigenvalue weighted by atomic mass is 14.6. The van der Waals surface area contributed by atoms with Crippen molar-refractivity contribution in [3.63, 3.8) is 0 Å². The van der Waals surface area contributed by atoms with Gasteiger partial charge in [-0.15, -0.1) is 0 Å². The molecule has 3 heteroatoms. The lowest BCUT2D eigenvalue weighted by molar-refractivity contribution is 1.05. The summed E-state index contributed by atoms with van der Waals surface area (Å²) >= 11 is 0. The zero-order chi connectivity index (χ0) is 15.6. The molecule has 0 saturated heterocycles. The number of pyridine rings is 1. The molecule has 0 spiro atoms. The van der Waals surface area contributed by atoms with E-state index in [9.17, 15) is 0 Å². The predicted octanol–water partition coefficient (Wildman–Crippen LogP) is 3.64. The van der Waals surface area contributed by atoms with E-state index in [2.05, 4.69) is 4.98 Å². The topological polar surface area (TPSA) is 62.8 Å². The molecule has 3 rings (SSSR count). The first kappa shape index (κ1) is 15.6. The molecule has 3 nitrogen and oxygen atoms in total. The fourth-order valence-electron chi connectivity index (χ4n) is 1.90. The van der Waals surface area contributed by atoms with Crippen LogP contribution in [-0.4, -0.2) is 10.7 Å². The van der Waals surface area contributed by atoms with E-state index < -0.39 is 0 Å². The van der Waals surface area contributed by atoms with Crippen LogP contribution in [0.15, 0.2) is 85.2 Å². The van der Waals surface area contributed by atoms with Crippen LogP contribution in [0.25, 0.3) is 0 Å². The van der Waals surface area contributed by atoms with E-state index in [1.165, 1.54) is 0 Å². The molecule has 3 N–H and O–H groups in total. The molecule has 0 amide bonds. The average Bonchev–Trinajstić information content (AvgIpc) is 2.64. The monoisotopic (exact) mass is 289 g/mol. The molecule has 0 bridgehead atoms. The first-order valence-corrected chi connectivity index (χ1v) is 7.09. The standard InChI is InChI=1S/C13H11N.C6H8N2/c14-13(11-7-3-1-4-8-11)12-9-5-2-6-10-12;7-4-6-2-1-3-8-5-6/h1-10,14H;1-3,5H,4,7H2. The number of nitrogens with zero attached hydrogens (tertiary/aromatic N) is 1. The fourth-order valence-corrected chi connectivity index (χ4v) is 1.90. The van der Waals surface area contributed by atoms with Gasteiger partial charge in [-0.1, -0.05) is 66.7 Å². The van der Waals surface area contributed by atoms with Crippen LogP contribution in [0.5, 0.6) is 0 Å². The normalized spacial score (nSPS) is 9.50. The Balaban J connectivity index is 0.000000188. The summed E-state index contributed by atoms with van der Waals surface area (Å²) in [6.45, 7) is 0.577. The maximum Gasteiger partial charge on any atom is 0.0684 e. The highest BCUT2D eigenvalue weighted by molar-refractivity contribution is 6.10. The van der Waals surface area contributed by atoms with Gasteiger partial charge in [-0.3, -0.25) is 10.4 Å². The van der Waals surface area contributed by atoms with Crippen LogP contribution in [0, 0.1) is 5.41 Å². The second-order valence-corrected chi connectivity index (χ2v) is 4.67. The van der Waals surface area contributed by atoms with Crippen LogP contribution >= 0.6 is 0 Å². The molecular weight excluding hydrogens is 270 g/mol. The summed E-state index contributed by atoms with van der Waals surface area (Å²) in [5, 5.41) is 7.97. The van der Waals surface area contributed by atoms with Gasteiger partial charge in [0.25, 0.3) is 0 Å². The molecule has 2 aromatic carbocycles. The number of nitrogens with two attached hydrogens (primary N) is 1.